The molecule has 0 aromatic heterocycles. The molecule has 3 rings (SSSR count). The Hall–Kier alpha value is -2.87. The van der Waals surface area contributed by atoms with Crippen molar-refractivity contribution < 1.29 is 19.1 Å². The SMILES string of the molecule is CCOc1ccccc1NC(=O)[C@@H](OC(=O)c1ccccc1I)c1ccccc1. The molecule has 6 heteroatoms. The highest BCUT2D eigenvalue weighted by Crippen LogP contribution is 2.27. The van der Waals surface area contributed by atoms with Crippen molar-refractivity contribution in [2.75, 3.05) is 11.9 Å². The number of esters is 1. The van der Waals surface area contributed by atoms with Crippen LogP contribution in [0.25, 0.3) is 0 Å². The molecule has 0 heterocycles. The summed E-state index contributed by atoms with van der Waals surface area (Å²) in [5.41, 5.74) is 1.51. The molecule has 0 aliphatic rings. The van der Waals surface area contributed by atoms with E-state index in [1.807, 2.05) is 31.2 Å². The van der Waals surface area contributed by atoms with E-state index in [4.69, 9.17) is 9.47 Å². The molecule has 0 spiro atoms. The van der Waals surface area contributed by atoms with Crippen LogP contribution in [0, 0.1) is 3.57 Å². The number of halogens is 1. The lowest BCUT2D eigenvalue weighted by atomic mass is 10.1. The van der Waals surface area contributed by atoms with E-state index in [0.717, 1.165) is 3.57 Å². The Morgan fingerprint density at radius 1 is 0.931 bits per heavy atom. The van der Waals surface area contributed by atoms with E-state index >= 15 is 0 Å². The lowest BCUT2D eigenvalue weighted by Crippen LogP contribution is -2.26. The maximum Gasteiger partial charge on any atom is 0.340 e. The molecule has 0 fully saturated rings. The maximum absolute atomic E-state index is 13.1. The molecule has 0 saturated heterocycles. The highest BCUT2D eigenvalue weighted by atomic mass is 127. The predicted molar refractivity (Wildman–Crippen MR) is 120 cm³/mol. The predicted octanol–water partition coefficient (Wildman–Crippen LogP) is 5.23. The Labute approximate surface area is 183 Å². The van der Waals surface area contributed by atoms with Crippen molar-refractivity contribution in [3.05, 3.63) is 93.6 Å². The Balaban J connectivity index is 1.87. The van der Waals surface area contributed by atoms with Gasteiger partial charge in [0.15, 0.2) is 0 Å². The molecule has 0 aliphatic heterocycles. The van der Waals surface area contributed by atoms with E-state index in [0.29, 0.717) is 29.2 Å². The maximum atomic E-state index is 13.1. The summed E-state index contributed by atoms with van der Waals surface area (Å²) in [5, 5.41) is 2.82. The molecule has 5 nitrogen and oxygen atoms in total. The van der Waals surface area contributed by atoms with Crippen molar-refractivity contribution in [2.45, 2.75) is 13.0 Å². The molecule has 0 bridgehead atoms. The summed E-state index contributed by atoms with van der Waals surface area (Å²) in [4.78, 5) is 25.8. The Bertz CT molecular complexity index is 991. The third-order valence-corrected chi connectivity index (χ3v) is 5.04. The largest absolute Gasteiger partial charge is 0.492 e. The summed E-state index contributed by atoms with van der Waals surface area (Å²) < 4.78 is 12.0. The number of hydrogen-bond donors (Lipinski definition) is 1. The Morgan fingerprint density at radius 2 is 1.59 bits per heavy atom. The number of para-hydroxylation sites is 2. The van der Waals surface area contributed by atoms with Crippen LogP contribution in [0.3, 0.4) is 0 Å². The highest BCUT2D eigenvalue weighted by molar-refractivity contribution is 14.1. The Kier molecular flexibility index (Phi) is 7.24. The summed E-state index contributed by atoms with van der Waals surface area (Å²) in [6.45, 7) is 2.34. The lowest BCUT2D eigenvalue weighted by molar-refractivity contribution is -0.125. The van der Waals surface area contributed by atoms with Crippen molar-refractivity contribution in [1.29, 1.82) is 0 Å². The van der Waals surface area contributed by atoms with Crippen molar-refractivity contribution in [1.82, 2.24) is 0 Å². The molecule has 0 radical (unpaired) electrons. The van der Waals surface area contributed by atoms with Crippen LogP contribution in [-0.4, -0.2) is 18.5 Å². The van der Waals surface area contributed by atoms with Gasteiger partial charge in [-0.15, -0.1) is 0 Å². The van der Waals surface area contributed by atoms with E-state index in [1.54, 1.807) is 54.6 Å². The molecule has 0 saturated carbocycles. The van der Waals surface area contributed by atoms with Gasteiger partial charge >= 0.3 is 5.97 Å². The molecule has 29 heavy (non-hydrogen) atoms. The van der Waals surface area contributed by atoms with Crippen LogP contribution < -0.4 is 10.1 Å². The lowest BCUT2D eigenvalue weighted by Gasteiger charge is -2.19. The zero-order valence-electron chi connectivity index (χ0n) is 15.8. The second-order valence-corrected chi connectivity index (χ2v) is 7.26. The summed E-state index contributed by atoms with van der Waals surface area (Å²) in [7, 11) is 0. The van der Waals surface area contributed by atoms with Gasteiger partial charge in [-0.2, -0.15) is 0 Å². The number of ether oxygens (including phenoxy) is 2. The third-order valence-electron chi connectivity index (χ3n) is 4.10. The van der Waals surface area contributed by atoms with Gasteiger partial charge in [-0.25, -0.2) is 4.79 Å². The number of rotatable bonds is 7. The van der Waals surface area contributed by atoms with Crippen molar-refractivity contribution in [2.24, 2.45) is 0 Å². The van der Waals surface area contributed by atoms with Gasteiger partial charge in [-0.3, -0.25) is 4.79 Å². The van der Waals surface area contributed by atoms with E-state index in [2.05, 4.69) is 27.9 Å². The minimum Gasteiger partial charge on any atom is -0.492 e. The summed E-state index contributed by atoms with van der Waals surface area (Å²) in [6.07, 6.45) is -1.10. The fourth-order valence-corrected chi connectivity index (χ4v) is 3.36. The zero-order chi connectivity index (χ0) is 20.6. The smallest absolute Gasteiger partial charge is 0.340 e. The summed E-state index contributed by atoms with van der Waals surface area (Å²) in [5.74, 6) is -0.459. The molecule has 0 unspecified atom stereocenters. The molecule has 3 aromatic carbocycles. The van der Waals surface area contributed by atoms with Gasteiger partial charge in [0, 0.05) is 9.13 Å². The van der Waals surface area contributed by atoms with Crippen LogP contribution in [0.5, 0.6) is 5.75 Å². The minimum absolute atomic E-state index is 0.413. The molecule has 1 atom stereocenters. The zero-order valence-corrected chi connectivity index (χ0v) is 18.0. The van der Waals surface area contributed by atoms with Crippen LogP contribution in [0.4, 0.5) is 5.69 Å². The van der Waals surface area contributed by atoms with E-state index in [-0.39, 0.29) is 0 Å². The number of amides is 1. The minimum atomic E-state index is -1.10. The second-order valence-electron chi connectivity index (χ2n) is 6.09. The first-order chi connectivity index (χ1) is 14.1. The molecule has 1 amide bonds. The van der Waals surface area contributed by atoms with Gasteiger partial charge in [0.05, 0.1) is 17.9 Å². The molecule has 1 N–H and O–H groups in total. The summed E-state index contributed by atoms with van der Waals surface area (Å²) in [6, 6.07) is 23.2. The third kappa shape index (κ3) is 5.35. The topological polar surface area (TPSA) is 64.6 Å². The fraction of sp³-hybridized carbons (Fsp3) is 0.130. The number of nitrogens with one attached hydrogen (secondary N) is 1. The fourth-order valence-electron chi connectivity index (χ4n) is 2.75. The van der Waals surface area contributed by atoms with Gasteiger partial charge in [-0.1, -0.05) is 54.6 Å². The van der Waals surface area contributed by atoms with Gasteiger partial charge < -0.3 is 14.8 Å². The number of benzene rings is 3. The van der Waals surface area contributed by atoms with Crippen LogP contribution in [0.2, 0.25) is 0 Å². The first kappa shape index (κ1) is 20.9. The number of anilines is 1. The average Bonchev–Trinajstić information content (AvgIpc) is 2.74. The molecule has 148 valence electrons. The van der Waals surface area contributed by atoms with Gasteiger partial charge in [0.2, 0.25) is 6.10 Å². The first-order valence-electron chi connectivity index (χ1n) is 9.13. The monoisotopic (exact) mass is 501 g/mol. The van der Waals surface area contributed by atoms with Gasteiger partial charge in [-0.05, 0) is 53.8 Å². The quantitative estimate of drug-likeness (QED) is 0.356. The van der Waals surface area contributed by atoms with E-state index in [1.165, 1.54) is 0 Å². The molecule has 3 aromatic rings. The van der Waals surface area contributed by atoms with Crippen LogP contribution >= 0.6 is 22.6 Å². The molecule has 0 aliphatic carbocycles. The van der Waals surface area contributed by atoms with E-state index < -0.39 is 18.0 Å². The molecular weight excluding hydrogens is 481 g/mol. The first-order valence-corrected chi connectivity index (χ1v) is 10.2. The standard InChI is InChI=1S/C23H20INO4/c1-2-28-20-15-9-8-14-19(20)25-22(26)21(16-10-4-3-5-11-16)29-23(27)17-12-6-7-13-18(17)24/h3-15,21H,2H2,1H3,(H,25,26)/t21-/m0/s1. The van der Waals surface area contributed by atoms with Crippen molar-refractivity contribution in [3.8, 4) is 5.75 Å². The van der Waals surface area contributed by atoms with E-state index in [9.17, 15) is 9.59 Å². The Morgan fingerprint density at radius 3 is 2.31 bits per heavy atom. The number of carbonyl (C=O) groups is 2. The molecular formula is C23H20INO4. The van der Waals surface area contributed by atoms with Crippen LogP contribution in [0.15, 0.2) is 78.9 Å². The van der Waals surface area contributed by atoms with Gasteiger partial charge in [0.1, 0.15) is 5.75 Å². The van der Waals surface area contributed by atoms with Crippen LogP contribution in [-0.2, 0) is 9.53 Å². The second kappa shape index (κ2) is 10.1. The number of carbonyl (C=O) groups excluding carboxylic acids is 2. The normalized spacial score (nSPS) is 11.4. The van der Waals surface area contributed by atoms with Gasteiger partial charge in [0.25, 0.3) is 5.91 Å². The highest BCUT2D eigenvalue weighted by Gasteiger charge is 2.27. The average molecular weight is 501 g/mol. The van der Waals surface area contributed by atoms with Crippen molar-refractivity contribution in [3.63, 3.8) is 0 Å². The number of hydrogen-bond acceptors (Lipinski definition) is 4. The van der Waals surface area contributed by atoms with Crippen LogP contribution in [0.1, 0.15) is 28.9 Å². The summed E-state index contributed by atoms with van der Waals surface area (Å²) >= 11 is 2.07. The van der Waals surface area contributed by atoms with Crippen molar-refractivity contribution >= 4 is 40.2 Å².